The monoisotopic (exact) mass is 523 g/mol. The highest BCUT2D eigenvalue weighted by atomic mass is 35.5. The molecule has 0 bridgehead atoms. The standard InChI is InChI=1S/C26H19Cl2N3O5/c1-2-36-26(35)15-6-12-20(13-7-15)31-24(33)21(28)22(25(31)34)29-19-5-3-4-16(14-19)23(32)30-18-10-8-17(27)9-11-18/h3-14,29H,2H2,1H3,(H,30,32). The number of ether oxygens (including phenoxy) is 1. The fourth-order valence-electron chi connectivity index (χ4n) is 3.43. The normalized spacial score (nSPS) is 13.1. The van der Waals surface area contributed by atoms with E-state index in [4.69, 9.17) is 27.9 Å². The molecule has 10 heteroatoms. The molecule has 3 amide bonds. The van der Waals surface area contributed by atoms with Crippen LogP contribution in [-0.4, -0.2) is 30.3 Å². The van der Waals surface area contributed by atoms with Crippen molar-refractivity contribution in [3.8, 4) is 0 Å². The van der Waals surface area contributed by atoms with Crippen LogP contribution in [0, 0.1) is 0 Å². The van der Waals surface area contributed by atoms with E-state index in [0.29, 0.717) is 22.0 Å². The van der Waals surface area contributed by atoms with Crippen LogP contribution in [0.3, 0.4) is 0 Å². The number of halogens is 2. The maximum Gasteiger partial charge on any atom is 0.338 e. The molecule has 0 unspecified atom stereocenters. The maximum absolute atomic E-state index is 13.1. The van der Waals surface area contributed by atoms with Crippen LogP contribution in [-0.2, 0) is 14.3 Å². The molecule has 182 valence electrons. The Morgan fingerprint density at radius 3 is 2.22 bits per heavy atom. The summed E-state index contributed by atoms with van der Waals surface area (Å²) < 4.78 is 4.94. The zero-order chi connectivity index (χ0) is 25.8. The summed E-state index contributed by atoms with van der Waals surface area (Å²) in [5.41, 5.74) is 1.65. The molecule has 2 N–H and O–H groups in total. The van der Waals surface area contributed by atoms with Crippen LogP contribution in [0.25, 0.3) is 0 Å². The van der Waals surface area contributed by atoms with E-state index in [0.717, 1.165) is 4.90 Å². The van der Waals surface area contributed by atoms with Crippen molar-refractivity contribution in [3.05, 3.63) is 99.7 Å². The van der Waals surface area contributed by atoms with E-state index in [9.17, 15) is 19.2 Å². The summed E-state index contributed by atoms with van der Waals surface area (Å²) in [6.07, 6.45) is 0. The van der Waals surface area contributed by atoms with Crippen molar-refractivity contribution < 1.29 is 23.9 Å². The average molecular weight is 524 g/mol. The van der Waals surface area contributed by atoms with E-state index >= 15 is 0 Å². The molecular formula is C26H19Cl2N3O5. The minimum atomic E-state index is -0.718. The number of hydrogen-bond acceptors (Lipinski definition) is 6. The molecule has 0 saturated heterocycles. The van der Waals surface area contributed by atoms with Crippen LogP contribution in [0.2, 0.25) is 5.02 Å². The summed E-state index contributed by atoms with van der Waals surface area (Å²) >= 11 is 12.1. The third kappa shape index (κ3) is 5.25. The van der Waals surface area contributed by atoms with Crippen molar-refractivity contribution in [2.24, 2.45) is 0 Å². The molecule has 0 aliphatic carbocycles. The van der Waals surface area contributed by atoms with Crippen LogP contribution in [0.15, 0.2) is 83.5 Å². The first-order chi connectivity index (χ1) is 17.3. The van der Waals surface area contributed by atoms with Gasteiger partial charge in [0.25, 0.3) is 17.7 Å². The molecule has 0 spiro atoms. The lowest BCUT2D eigenvalue weighted by Crippen LogP contribution is -2.32. The first-order valence-corrected chi connectivity index (χ1v) is 11.5. The molecule has 0 atom stereocenters. The maximum atomic E-state index is 13.1. The first kappa shape index (κ1) is 25.0. The number of hydrogen-bond donors (Lipinski definition) is 2. The van der Waals surface area contributed by atoms with Crippen molar-refractivity contribution in [3.63, 3.8) is 0 Å². The van der Waals surface area contributed by atoms with Gasteiger partial charge in [-0.25, -0.2) is 9.69 Å². The Morgan fingerprint density at radius 1 is 0.861 bits per heavy atom. The number of rotatable bonds is 7. The van der Waals surface area contributed by atoms with Gasteiger partial charge in [0.2, 0.25) is 0 Å². The zero-order valence-electron chi connectivity index (χ0n) is 18.9. The van der Waals surface area contributed by atoms with E-state index in [1.54, 1.807) is 49.4 Å². The van der Waals surface area contributed by atoms with Crippen molar-refractivity contribution in [2.75, 3.05) is 22.1 Å². The van der Waals surface area contributed by atoms with Crippen LogP contribution >= 0.6 is 23.2 Å². The fourth-order valence-corrected chi connectivity index (χ4v) is 3.76. The predicted molar refractivity (Wildman–Crippen MR) is 137 cm³/mol. The molecular weight excluding hydrogens is 505 g/mol. The Hall–Kier alpha value is -4.14. The van der Waals surface area contributed by atoms with Crippen LogP contribution in [0.5, 0.6) is 0 Å². The third-order valence-corrected chi connectivity index (χ3v) is 5.76. The summed E-state index contributed by atoms with van der Waals surface area (Å²) in [5.74, 6) is -2.28. The molecule has 1 aliphatic heterocycles. The number of esters is 1. The molecule has 0 radical (unpaired) electrons. The second-order valence-electron chi connectivity index (χ2n) is 7.57. The van der Waals surface area contributed by atoms with Crippen LogP contribution in [0.4, 0.5) is 17.1 Å². The van der Waals surface area contributed by atoms with Gasteiger partial charge < -0.3 is 15.4 Å². The van der Waals surface area contributed by atoms with Gasteiger partial charge in [0.05, 0.1) is 17.9 Å². The molecule has 36 heavy (non-hydrogen) atoms. The van der Waals surface area contributed by atoms with Gasteiger partial charge in [0, 0.05) is 22.0 Å². The number of anilines is 3. The number of benzene rings is 3. The number of nitrogens with one attached hydrogen (secondary N) is 2. The van der Waals surface area contributed by atoms with E-state index < -0.39 is 17.8 Å². The number of amides is 3. The Kier molecular flexibility index (Phi) is 7.38. The van der Waals surface area contributed by atoms with Gasteiger partial charge in [-0.05, 0) is 73.7 Å². The van der Waals surface area contributed by atoms with Crippen molar-refractivity contribution in [1.82, 2.24) is 0 Å². The number of carbonyl (C=O) groups excluding carboxylic acids is 4. The molecule has 3 aromatic carbocycles. The topological polar surface area (TPSA) is 105 Å². The summed E-state index contributed by atoms with van der Waals surface area (Å²) in [7, 11) is 0. The average Bonchev–Trinajstić information content (AvgIpc) is 3.09. The minimum Gasteiger partial charge on any atom is -0.462 e. The van der Waals surface area contributed by atoms with E-state index in [1.807, 2.05) is 0 Å². The van der Waals surface area contributed by atoms with Crippen LogP contribution < -0.4 is 15.5 Å². The summed E-state index contributed by atoms with van der Waals surface area (Å²) in [6, 6.07) is 18.9. The van der Waals surface area contributed by atoms with E-state index in [-0.39, 0.29) is 34.5 Å². The largest absolute Gasteiger partial charge is 0.462 e. The number of carbonyl (C=O) groups is 4. The van der Waals surface area contributed by atoms with Crippen molar-refractivity contribution >= 4 is 64.0 Å². The smallest absolute Gasteiger partial charge is 0.338 e. The molecule has 1 aliphatic rings. The quantitative estimate of drug-likeness (QED) is 0.325. The molecule has 0 aromatic heterocycles. The van der Waals surface area contributed by atoms with Crippen LogP contribution in [0.1, 0.15) is 27.6 Å². The summed E-state index contributed by atoms with van der Waals surface area (Å²) in [4.78, 5) is 51.2. The van der Waals surface area contributed by atoms with Gasteiger partial charge in [-0.3, -0.25) is 14.4 Å². The Labute approximate surface area is 216 Å². The lowest BCUT2D eigenvalue weighted by atomic mass is 10.1. The van der Waals surface area contributed by atoms with Gasteiger partial charge in [-0.15, -0.1) is 0 Å². The highest BCUT2D eigenvalue weighted by Crippen LogP contribution is 2.30. The van der Waals surface area contributed by atoms with Gasteiger partial charge in [-0.1, -0.05) is 29.3 Å². The molecule has 3 aromatic rings. The SMILES string of the molecule is CCOC(=O)c1ccc(N2C(=O)C(Cl)=C(Nc3cccc(C(=O)Nc4ccc(Cl)cc4)c3)C2=O)cc1. The second kappa shape index (κ2) is 10.6. The highest BCUT2D eigenvalue weighted by Gasteiger charge is 2.39. The Balaban J connectivity index is 1.50. The van der Waals surface area contributed by atoms with E-state index in [2.05, 4.69) is 10.6 Å². The third-order valence-electron chi connectivity index (χ3n) is 5.16. The predicted octanol–water partition coefficient (Wildman–Crippen LogP) is 5.20. The van der Waals surface area contributed by atoms with Crippen molar-refractivity contribution in [2.45, 2.75) is 6.92 Å². The second-order valence-corrected chi connectivity index (χ2v) is 8.38. The van der Waals surface area contributed by atoms with Gasteiger partial charge in [0.15, 0.2) is 0 Å². The molecule has 8 nitrogen and oxygen atoms in total. The summed E-state index contributed by atoms with van der Waals surface area (Å²) in [6.45, 7) is 1.92. The fraction of sp³-hybridized carbons (Fsp3) is 0.0769. The number of nitrogens with zero attached hydrogens (tertiary/aromatic N) is 1. The Bertz CT molecular complexity index is 1390. The Morgan fingerprint density at radius 2 is 1.56 bits per heavy atom. The molecule has 4 rings (SSSR count). The molecule has 0 fully saturated rings. The minimum absolute atomic E-state index is 0.133. The van der Waals surface area contributed by atoms with E-state index in [1.165, 1.54) is 30.3 Å². The van der Waals surface area contributed by atoms with Gasteiger partial charge in [-0.2, -0.15) is 0 Å². The molecule has 1 heterocycles. The first-order valence-electron chi connectivity index (χ1n) is 10.8. The van der Waals surface area contributed by atoms with Gasteiger partial charge in [0.1, 0.15) is 10.7 Å². The number of imide groups is 1. The lowest BCUT2D eigenvalue weighted by molar-refractivity contribution is -0.120. The highest BCUT2D eigenvalue weighted by molar-refractivity contribution is 6.53. The van der Waals surface area contributed by atoms with Crippen molar-refractivity contribution in [1.29, 1.82) is 0 Å². The zero-order valence-corrected chi connectivity index (χ0v) is 20.4. The molecule has 0 saturated carbocycles. The van der Waals surface area contributed by atoms with Gasteiger partial charge >= 0.3 is 5.97 Å². The summed E-state index contributed by atoms with van der Waals surface area (Å²) in [5, 5.41) is 5.85. The lowest BCUT2D eigenvalue weighted by Gasteiger charge is -2.15.